The first kappa shape index (κ1) is 14.5. The van der Waals surface area contributed by atoms with E-state index in [-0.39, 0.29) is 5.54 Å². The molecule has 0 radical (unpaired) electrons. The van der Waals surface area contributed by atoms with Crippen molar-refractivity contribution in [1.29, 1.82) is 0 Å². The molecule has 1 aromatic carbocycles. The molecule has 2 rings (SSSR count). The van der Waals surface area contributed by atoms with E-state index in [1.54, 1.807) is 12.1 Å². The summed E-state index contributed by atoms with van der Waals surface area (Å²) in [5.74, 6) is 0. The minimum atomic E-state index is -3.10. The summed E-state index contributed by atoms with van der Waals surface area (Å²) < 4.78 is 22.7. The molecule has 0 aliphatic heterocycles. The van der Waals surface area contributed by atoms with Gasteiger partial charge in [0.25, 0.3) is 0 Å². The van der Waals surface area contributed by atoms with Crippen LogP contribution in [-0.2, 0) is 16.4 Å². The maximum absolute atomic E-state index is 11.3. The van der Waals surface area contributed by atoms with Crippen LogP contribution in [0.15, 0.2) is 29.2 Å². The number of hydrogen-bond acceptors (Lipinski definition) is 4. The van der Waals surface area contributed by atoms with Crippen molar-refractivity contribution in [1.82, 2.24) is 5.32 Å². The van der Waals surface area contributed by atoms with Crippen LogP contribution in [0.3, 0.4) is 0 Å². The van der Waals surface area contributed by atoms with Gasteiger partial charge in [0.1, 0.15) is 0 Å². The molecular formula is C14H22N2O2S. The summed E-state index contributed by atoms with van der Waals surface area (Å²) in [5, 5.41) is 3.37. The number of nitrogens with one attached hydrogen (secondary N) is 1. The second-order valence-electron chi connectivity index (χ2n) is 5.59. The molecule has 106 valence electrons. The maximum atomic E-state index is 11.3. The molecule has 0 atom stereocenters. The minimum absolute atomic E-state index is 0.0489. The summed E-state index contributed by atoms with van der Waals surface area (Å²) in [4.78, 5) is 0.363. The number of nitrogens with two attached hydrogens (primary N) is 1. The molecule has 3 N–H and O–H groups in total. The Balaban J connectivity index is 1.87. The molecule has 0 aromatic heterocycles. The summed E-state index contributed by atoms with van der Waals surface area (Å²) in [5.41, 5.74) is 7.29. The third kappa shape index (κ3) is 4.03. The lowest BCUT2D eigenvalue weighted by Gasteiger charge is -2.23. The molecule has 19 heavy (non-hydrogen) atoms. The summed E-state index contributed by atoms with van der Waals surface area (Å²) in [6, 6.07) is 7.00. The van der Waals surface area contributed by atoms with Crippen LogP contribution in [0, 0.1) is 0 Å². The van der Waals surface area contributed by atoms with Crippen LogP contribution >= 0.6 is 0 Å². The molecule has 1 aromatic rings. The monoisotopic (exact) mass is 282 g/mol. The van der Waals surface area contributed by atoms with Gasteiger partial charge < -0.3 is 11.1 Å². The van der Waals surface area contributed by atoms with Gasteiger partial charge in [-0.25, -0.2) is 8.42 Å². The van der Waals surface area contributed by atoms with E-state index in [9.17, 15) is 8.42 Å². The van der Waals surface area contributed by atoms with Gasteiger partial charge in [-0.15, -0.1) is 0 Å². The molecule has 1 saturated carbocycles. The second kappa shape index (κ2) is 5.61. The van der Waals surface area contributed by atoms with Crippen molar-refractivity contribution >= 4 is 9.84 Å². The zero-order chi connectivity index (χ0) is 13.9. The topological polar surface area (TPSA) is 72.2 Å². The molecule has 0 bridgehead atoms. The molecule has 1 aliphatic carbocycles. The number of rotatable bonds is 5. The summed E-state index contributed by atoms with van der Waals surface area (Å²) >= 11 is 0. The zero-order valence-electron chi connectivity index (χ0n) is 11.4. The molecule has 0 unspecified atom stereocenters. The van der Waals surface area contributed by atoms with Gasteiger partial charge in [-0.3, -0.25) is 0 Å². The Morgan fingerprint density at radius 2 is 1.79 bits per heavy atom. The SMILES string of the molecule is CS(=O)(=O)c1ccc(CNCC2(N)CCCC2)cc1. The van der Waals surface area contributed by atoms with Crippen molar-refractivity contribution in [3.05, 3.63) is 29.8 Å². The third-order valence-electron chi connectivity index (χ3n) is 3.76. The van der Waals surface area contributed by atoms with Crippen molar-refractivity contribution in [3.8, 4) is 0 Å². The van der Waals surface area contributed by atoms with E-state index >= 15 is 0 Å². The quantitative estimate of drug-likeness (QED) is 0.857. The molecule has 0 heterocycles. The Kier molecular flexibility index (Phi) is 4.28. The molecular weight excluding hydrogens is 260 g/mol. The Morgan fingerprint density at radius 1 is 1.21 bits per heavy atom. The van der Waals surface area contributed by atoms with Crippen LogP contribution in [-0.4, -0.2) is 26.8 Å². The predicted molar refractivity (Wildman–Crippen MR) is 76.6 cm³/mol. The van der Waals surface area contributed by atoms with Crippen LogP contribution in [0.1, 0.15) is 31.2 Å². The van der Waals surface area contributed by atoms with Crippen LogP contribution in [0.4, 0.5) is 0 Å². The van der Waals surface area contributed by atoms with Crippen LogP contribution in [0.5, 0.6) is 0 Å². The summed E-state index contributed by atoms with van der Waals surface area (Å²) in [6.45, 7) is 1.55. The highest BCUT2D eigenvalue weighted by Crippen LogP contribution is 2.26. The predicted octanol–water partition coefficient (Wildman–Crippen LogP) is 1.45. The molecule has 0 spiro atoms. The average molecular weight is 282 g/mol. The second-order valence-corrected chi connectivity index (χ2v) is 7.60. The van der Waals surface area contributed by atoms with Crippen LogP contribution < -0.4 is 11.1 Å². The normalized spacial score (nSPS) is 18.6. The lowest BCUT2D eigenvalue weighted by atomic mass is 9.99. The van der Waals surface area contributed by atoms with Gasteiger partial charge in [-0.1, -0.05) is 25.0 Å². The highest BCUT2D eigenvalue weighted by atomic mass is 32.2. The Bertz CT molecular complexity index is 517. The summed E-state index contributed by atoms with van der Waals surface area (Å²) in [7, 11) is -3.10. The van der Waals surface area contributed by atoms with E-state index < -0.39 is 9.84 Å². The van der Waals surface area contributed by atoms with Crippen molar-refractivity contribution in [2.45, 2.75) is 42.7 Å². The first-order valence-electron chi connectivity index (χ1n) is 6.68. The van der Waals surface area contributed by atoms with Crippen LogP contribution in [0.25, 0.3) is 0 Å². The van der Waals surface area contributed by atoms with Gasteiger partial charge in [-0.05, 0) is 30.5 Å². The Labute approximate surface area is 115 Å². The Hall–Kier alpha value is -0.910. The minimum Gasteiger partial charge on any atom is -0.324 e. The highest BCUT2D eigenvalue weighted by molar-refractivity contribution is 7.90. The fourth-order valence-corrected chi connectivity index (χ4v) is 3.20. The first-order valence-corrected chi connectivity index (χ1v) is 8.57. The van der Waals surface area contributed by atoms with Gasteiger partial charge >= 0.3 is 0 Å². The van der Waals surface area contributed by atoms with E-state index in [0.29, 0.717) is 4.90 Å². The van der Waals surface area contributed by atoms with E-state index in [4.69, 9.17) is 5.73 Å². The Morgan fingerprint density at radius 3 is 2.32 bits per heavy atom. The zero-order valence-corrected chi connectivity index (χ0v) is 12.2. The lowest BCUT2D eigenvalue weighted by molar-refractivity contribution is 0.404. The number of sulfone groups is 1. The third-order valence-corrected chi connectivity index (χ3v) is 4.89. The molecule has 5 heteroatoms. The smallest absolute Gasteiger partial charge is 0.175 e. The molecule has 4 nitrogen and oxygen atoms in total. The van der Waals surface area contributed by atoms with Gasteiger partial charge in [0.05, 0.1) is 4.90 Å². The fourth-order valence-electron chi connectivity index (χ4n) is 2.57. The van der Waals surface area contributed by atoms with Gasteiger partial charge in [-0.2, -0.15) is 0 Å². The lowest BCUT2D eigenvalue weighted by Crippen LogP contribution is -2.46. The van der Waals surface area contributed by atoms with Crippen LogP contribution in [0.2, 0.25) is 0 Å². The molecule has 1 fully saturated rings. The van der Waals surface area contributed by atoms with Gasteiger partial charge in [0.2, 0.25) is 0 Å². The maximum Gasteiger partial charge on any atom is 0.175 e. The van der Waals surface area contributed by atoms with Crippen molar-refractivity contribution in [2.24, 2.45) is 5.73 Å². The molecule has 1 aliphatic rings. The van der Waals surface area contributed by atoms with E-state index in [2.05, 4.69) is 5.32 Å². The van der Waals surface area contributed by atoms with Crippen molar-refractivity contribution in [3.63, 3.8) is 0 Å². The van der Waals surface area contributed by atoms with Gasteiger partial charge in [0.15, 0.2) is 9.84 Å². The fraction of sp³-hybridized carbons (Fsp3) is 0.571. The van der Waals surface area contributed by atoms with E-state index in [0.717, 1.165) is 31.5 Å². The summed E-state index contributed by atoms with van der Waals surface area (Å²) in [6.07, 6.45) is 5.85. The first-order chi connectivity index (χ1) is 8.89. The number of hydrogen-bond donors (Lipinski definition) is 2. The van der Waals surface area contributed by atoms with E-state index in [1.807, 2.05) is 12.1 Å². The molecule has 0 saturated heterocycles. The number of benzene rings is 1. The average Bonchev–Trinajstić information content (AvgIpc) is 2.76. The van der Waals surface area contributed by atoms with Crippen molar-refractivity contribution in [2.75, 3.05) is 12.8 Å². The van der Waals surface area contributed by atoms with Crippen molar-refractivity contribution < 1.29 is 8.42 Å². The standard InChI is InChI=1S/C14H22N2O2S/c1-19(17,18)13-6-4-12(5-7-13)10-16-11-14(15)8-2-3-9-14/h4-7,16H,2-3,8-11,15H2,1H3. The highest BCUT2D eigenvalue weighted by Gasteiger charge is 2.28. The van der Waals surface area contributed by atoms with E-state index in [1.165, 1.54) is 19.1 Å². The molecule has 0 amide bonds. The largest absolute Gasteiger partial charge is 0.324 e. The van der Waals surface area contributed by atoms with Gasteiger partial charge in [0, 0.05) is 24.9 Å².